The molecule has 1 aromatic rings. The van der Waals surface area contributed by atoms with Crippen molar-refractivity contribution in [3.8, 4) is 0 Å². The summed E-state index contributed by atoms with van der Waals surface area (Å²) in [6, 6.07) is 6.96. The fourth-order valence-corrected chi connectivity index (χ4v) is 1.79. The number of hydrogen-bond acceptors (Lipinski definition) is 2. The lowest BCUT2D eigenvalue weighted by Gasteiger charge is -2.16. The first kappa shape index (κ1) is 14.0. The molecule has 1 amide bonds. The summed E-state index contributed by atoms with van der Waals surface area (Å²) in [5.41, 5.74) is 6.21. The third kappa shape index (κ3) is 4.75. The minimum absolute atomic E-state index is 0.0430. The van der Waals surface area contributed by atoms with Crippen LogP contribution in [-0.2, 0) is 0 Å². The van der Waals surface area contributed by atoms with Gasteiger partial charge >= 0.3 is 0 Å². The van der Waals surface area contributed by atoms with Gasteiger partial charge in [0.2, 0.25) is 0 Å². The monoisotopic (exact) mass is 254 g/mol. The van der Waals surface area contributed by atoms with E-state index in [0.29, 0.717) is 17.1 Å². The van der Waals surface area contributed by atoms with Crippen molar-refractivity contribution in [2.24, 2.45) is 5.73 Å². The van der Waals surface area contributed by atoms with Crippen molar-refractivity contribution in [1.82, 2.24) is 5.32 Å². The summed E-state index contributed by atoms with van der Waals surface area (Å²) >= 11 is 5.84. The number of nitrogens with two attached hydrogens (primary N) is 1. The van der Waals surface area contributed by atoms with Crippen molar-refractivity contribution in [3.63, 3.8) is 0 Å². The van der Waals surface area contributed by atoms with Crippen LogP contribution in [0.5, 0.6) is 0 Å². The maximum Gasteiger partial charge on any atom is 0.251 e. The highest BCUT2D eigenvalue weighted by molar-refractivity contribution is 6.30. The summed E-state index contributed by atoms with van der Waals surface area (Å²) in [5, 5.41) is 3.49. The molecule has 0 heterocycles. The molecule has 0 aliphatic carbocycles. The maximum atomic E-state index is 11.9. The van der Waals surface area contributed by atoms with E-state index in [0.717, 1.165) is 19.3 Å². The van der Waals surface area contributed by atoms with Gasteiger partial charge in [-0.2, -0.15) is 0 Å². The molecule has 3 nitrogen and oxygen atoms in total. The Labute approximate surface area is 107 Å². The van der Waals surface area contributed by atoms with E-state index in [-0.39, 0.29) is 11.9 Å². The lowest BCUT2D eigenvalue weighted by atomic mass is 10.1. The third-order valence-electron chi connectivity index (χ3n) is 2.61. The fraction of sp³-hybridized carbons (Fsp3) is 0.462. The first-order valence-electron chi connectivity index (χ1n) is 5.94. The molecule has 1 aromatic carbocycles. The van der Waals surface area contributed by atoms with Crippen LogP contribution in [0, 0.1) is 0 Å². The molecule has 94 valence electrons. The molecule has 0 spiro atoms. The van der Waals surface area contributed by atoms with Gasteiger partial charge < -0.3 is 11.1 Å². The maximum absolute atomic E-state index is 11.9. The molecule has 0 saturated carbocycles. The molecule has 3 N–H and O–H groups in total. The molecule has 1 rings (SSSR count). The third-order valence-corrected chi connectivity index (χ3v) is 2.85. The molecular weight excluding hydrogens is 236 g/mol. The van der Waals surface area contributed by atoms with Gasteiger partial charge in [-0.25, -0.2) is 0 Å². The molecule has 1 atom stereocenters. The van der Waals surface area contributed by atoms with Crippen LogP contribution in [0.4, 0.5) is 0 Å². The van der Waals surface area contributed by atoms with Crippen molar-refractivity contribution < 1.29 is 4.79 Å². The van der Waals surface area contributed by atoms with E-state index in [2.05, 4.69) is 12.2 Å². The van der Waals surface area contributed by atoms with E-state index in [9.17, 15) is 4.79 Å². The Morgan fingerprint density at radius 1 is 1.53 bits per heavy atom. The van der Waals surface area contributed by atoms with Gasteiger partial charge in [-0.1, -0.05) is 37.4 Å². The Bertz CT molecular complexity index is 368. The van der Waals surface area contributed by atoms with E-state index >= 15 is 0 Å². The predicted molar refractivity (Wildman–Crippen MR) is 71.3 cm³/mol. The second-order valence-electron chi connectivity index (χ2n) is 4.06. The zero-order valence-electron chi connectivity index (χ0n) is 10.1. The van der Waals surface area contributed by atoms with Gasteiger partial charge in [-0.15, -0.1) is 0 Å². The Hall–Kier alpha value is -1.06. The van der Waals surface area contributed by atoms with Gasteiger partial charge in [0.15, 0.2) is 0 Å². The summed E-state index contributed by atoms with van der Waals surface area (Å²) in [7, 11) is 0. The summed E-state index contributed by atoms with van der Waals surface area (Å²) in [5.74, 6) is -0.112. The number of benzene rings is 1. The molecule has 0 saturated heterocycles. The zero-order chi connectivity index (χ0) is 12.7. The van der Waals surface area contributed by atoms with Gasteiger partial charge in [-0.05, 0) is 24.6 Å². The highest BCUT2D eigenvalue weighted by Gasteiger charge is 2.11. The molecule has 4 heteroatoms. The molecule has 0 aliphatic heterocycles. The SMILES string of the molecule is CCCCC(CN)NC(=O)c1cccc(Cl)c1. The lowest BCUT2D eigenvalue weighted by Crippen LogP contribution is -2.40. The van der Waals surface area contributed by atoms with Gasteiger partial charge in [0, 0.05) is 23.2 Å². The second-order valence-corrected chi connectivity index (χ2v) is 4.50. The van der Waals surface area contributed by atoms with E-state index in [1.54, 1.807) is 24.3 Å². The second kappa shape index (κ2) is 7.30. The number of rotatable bonds is 6. The van der Waals surface area contributed by atoms with Crippen LogP contribution in [0.25, 0.3) is 0 Å². The summed E-state index contributed by atoms with van der Waals surface area (Å²) in [4.78, 5) is 11.9. The smallest absolute Gasteiger partial charge is 0.251 e. The summed E-state index contributed by atoms with van der Waals surface area (Å²) < 4.78 is 0. The molecule has 0 fully saturated rings. The van der Waals surface area contributed by atoms with E-state index in [1.165, 1.54) is 0 Å². The molecule has 1 unspecified atom stereocenters. The quantitative estimate of drug-likeness (QED) is 0.820. The highest BCUT2D eigenvalue weighted by Crippen LogP contribution is 2.11. The van der Waals surface area contributed by atoms with Gasteiger partial charge in [-0.3, -0.25) is 4.79 Å². The van der Waals surface area contributed by atoms with E-state index in [1.807, 2.05) is 0 Å². The van der Waals surface area contributed by atoms with Crippen LogP contribution < -0.4 is 11.1 Å². The topological polar surface area (TPSA) is 55.1 Å². The van der Waals surface area contributed by atoms with Crippen LogP contribution in [0.1, 0.15) is 36.5 Å². The van der Waals surface area contributed by atoms with Crippen LogP contribution in [-0.4, -0.2) is 18.5 Å². The predicted octanol–water partition coefficient (Wildman–Crippen LogP) is 2.59. The molecule has 0 aromatic heterocycles. The minimum atomic E-state index is -0.112. The first-order valence-corrected chi connectivity index (χ1v) is 6.31. The Morgan fingerprint density at radius 3 is 2.88 bits per heavy atom. The summed E-state index contributed by atoms with van der Waals surface area (Å²) in [6.45, 7) is 2.58. The minimum Gasteiger partial charge on any atom is -0.348 e. The van der Waals surface area contributed by atoms with Gasteiger partial charge in [0.1, 0.15) is 0 Å². The molecule has 0 aliphatic rings. The van der Waals surface area contributed by atoms with E-state index in [4.69, 9.17) is 17.3 Å². The fourth-order valence-electron chi connectivity index (χ4n) is 1.60. The van der Waals surface area contributed by atoms with E-state index < -0.39 is 0 Å². The van der Waals surface area contributed by atoms with Crippen LogP contribution in [0.2, 0.25) is 5.02 Å². The number of hydrogen-bond donors (Lipinski definition) is 2. The number of nitrogens with one attached hydrogen (secondary N) is 1. The highest BCUT2D eigenvalue weighted by atomic mass is 35.5. The Balaban J connectivity index is 2.58. The lowest BCUT2D eigenvalue weighted by molar-refractivity contribution is 0.0936. The van der Waals surface area contributed by atoms with Crippen molar-refractivity contribution in [1.29, 1.82) is 0 Å². The van der Waals surface area contributed by atoms with Crippen molar-refractivity contribution >= 4 is 17.5 Å². The van der Waals surface area contributed by atoms with Crippen molar-refractivity contribution in [2.45, 2.75) is 32.2 Å². The van der Waals surface area contributed by atoms with Gasteiger partial charge in [0.05, 0.1) is 0 Å². The van der Waals surface area contributed by atoms with Crippen LogP contribution in [0.3, 0.4) is 0 Å². The first-order chi connectivity index (χ1) is 8.17. The molecule has 0 bridgehead atoms. The molecule has 0 radical (unpaired) electrons. The average Bonchev–Trinajstić information content (AvgIpc) is 2.34. The normalized spacial score (nSPS) is 12.2. The average molecular weight is 255 g/mol. The van der Waals surface area contributed by atoms with Crippen LogP contribution >= 0.6 is 11.6 Å². The Morgan fingerprint density at radius 2 is 2.29 bits per heavy atom. The number of carbonyl (C=O) groups is 1. The molecule has 17 heavy (non-hydrogen) atoms. The largest absolute Gasteiger partial charge is 0.348 e. The molecular formula is C13H19ClN2O. The number of halogens is 1. The summed E-state index contributed by atoms with van der Waals surface area (Å²) in [6.07, 6.45) is 3.08. The number of amides is 1. The van der Waals surface area contributed by atoms with Crippen molar-refractivity contribution in [2.75, 3.05) is 6.54 Å². The number of unbranched alkanes of at least 4 members (excludes halogenated alkanes) is 1. The Kier molecular flexibility index (Phi) is 6.01. The van der Waals surface area contributed by atoms with Gasteiger partial charge in [0.25, 0.3) is 5.91 Å². The van der Waals surface area contributed by atoms with Crippen LogP contribution in [0.15, 0.2) is 24.3 Å². The number of carbonyl (C=O) groups excluding carboxylic acids is 1. The standard InChI is InChI=1S/C13H19ClN2O/c1-2-3-7-12(9-15)16-13(17)10-5-4-6-11(14)8-10/h4-6,8,12H,2-3,7,9,15H2,1H3,(H,16,17). The zero-order valence-corrected chi connectivity index (χ0v) is 10.8. The van der Waals surface area contributed by atoms with Crippen molar-refractivity contribution in [3.05, 3.63) is 34.9 Å².